The predicted molar refractivity (Wildman–Crippen MR) is 89.9 cm³/mol. The van der Waals surface area contributed by atoms with Crippen molar-refractivity contribution in [3.05, 3.63) is 28.8 Å². The van der Waals surface area contributed by atoms with Gasteiger partial charge in [0.25, 0.3) is 0 Å². The Labute approximate surface area is 142 Å². The second-order valence-electron chi connectivity index (χ2n) is 5.94. The van der Waals surface area contributed by atoms with E-state index in [0.29, 0.717) is 23.6 Å². The van der Waals surface area contributed by atoms with Gasteiger partial charge in [0, 0.05) is 13.0 Å². The van der Waals surface area contributed by atoms with Gasteiger partial charge in [-0.1, -0.05) is 31.5 Å². The lowest BCUT2D eigenvalue weighted by atomic mass is 9.97. The van der Waals surface area contributed by atoms with E-state index in [0.717, 1.165) is 5.56 Å². The lowest BCUT2D eigenvalue weighted by Crippen LogP contribution is -2.33. The van der Waals surface area contributed by atoms with Crippen molar-refractivity contribution in [3.8, 4) is 5.75 Å². The summed E-state index contributed by atoms with van der Waals surface area (Å²) < 4.78 is 5.08. The number of rotatable bonds is 9. The zero-order valence-electron chi connectivity index (χ0n) is 13.8. The number of carbonyl (C=O) groups is 2. The van der Waals surface area contributed by atoms with Gasteiger partial charge in [-0.15, -0.1) is 0 Å². The molecule has 2 N–H and O–H groups in total. The molecule has 0 aliphatic carbocycles. The molecule has 1 unspecified atom stereocenters. The molecule has 23 heavy (non-hydrogen) atoms. The first-order valence-corrected chi connectivity index (χ1v) is 8.03. The molecule has 0 bridgehead atoms. The Balaban J connectivity index is 2.44. The van der Waals surface area contributed by atoms with Gasteiger partial charge >= 0.3 is 5.97 Å². The topological polar surface area (TPSA) is 75.6 Å². The van der Waals surface area contributed by atoms with E-state index in [1.807, 2.05) is 19.9 Å². The van der Waals surface area contributed by atoms with Crippen LogP contribution in [0.15, 0.2) is 18.2 Å². The summed E-state index contributed by atoms with van der Waals surface area (Å²) >= 11 is 6.04. The van der Waals surface area contributed by atoms with Gasteiger partial charge in [-0.3, -0.25) is 9.59 Å². The number of carbonyl (C=O) groups excluding carboxylic acids is 1. The Morgan fingerprint density at radius 2 is 2.04 bits per heavy atom. The first kappa shape index (κ1) is 19.3. The summed E-state index contributed by atoms with van der Waals surface area (Å²) in [5, 5.41) is 12.4. The Morgan fingerprint density at radius 3 is 2.57 bits per heavy atom. The van der Waals surface area contributed by atoms with Gasteiger partial charge in [0.05, 0.1) is 18.1 Å². The molecule has 0 aliphatic rings. The number of halogens is 1. The van der Waals surface area contributed by atoms with E-state index in [9.17, 15) is 9.59 Å². The van der Waals surface area contributed by atoms with Gasteiger partial charge in [0.15, 0.2) is 0 Å². The molecular formula is C17H24ClNO4. The number of ether oxygens (including phenoxy) is 1. The smallest absolute Gasteiger partial charge is 0.308 e. The minimum atomic E-state index is -0.874. The number of methoxy groups -OCH3 is 1. The SMILES string of the molecule is COc1ccc(CCC(=O)NCC(CC(C)C)C(=O)O)cc1Cl. The fourth-order valence-electron chi connectivity index (χ4n) is 2.29. The molecule has 0 radical (unpaired) electrons. The van der Waals surface area contributed by atoms with Crippen molar-refractivity contribution in [3.63, 3.8) is 0 Å². The van der Waals surface area contributed by atoms with Crippen LogP contribution >= 0.6 is 11.6 Å². The molecule has 6 heteroatoms. The molecule has 1 aromatic rings. The highest BCUT2D eigenvalue weighted by Crippen LogP contribution is 2.25. The maximum absolute atomic E-state index is 11.9. The average Bonchev–Trinajstić information content (AvgIpc) is 2.48. The molecule has 0 aromatic heterocycles. The van der Waals surface area contributed by atoms with Crippen molar-refractivity contribution >= 4 is 23.5 Å². The van der Waals surface area contributed by atoms with Crippen LogP contribution in [0.25, 0.3) is 0 Å². The highest BCUT2D eigenvalue weighted by Gasteiger charge is 2.19. The molecule has 1 amide bonds. The van der Waals surface area contributed by atoms with Gasteiger partial charge in [-0.25, -0.2) is 0 Å². The first-order chi connectivity index (χ1) is 10.8. The van der Waals surface area contributed by atoms with Crippen LogP contribution < -0.4 is 10.1 Å². The Bertz CT molecular complexity index is 545. The molecule has 0 aliphatic heterocycles. The van der Waals surface area contributed by atoms with Crippen LogP contribution in [0.3, 0.4) is 0 Å². The second kappa shape index (κ2) is 9.40. The molecule has 0 heterocycles. The lowest BCUT2D eigenvalue weighted by molar-refractivity contribution is -0.142. The van der Waals surface area contributed by atoms with Crippen LogP contribution in [-0.2, 0) is 16.0 Å². The molecule has 0 saturated carbocycles. The number of hydrogen-bond acceptors (Lipinski definition) is 3. The molecule has 0 spiro atoms. The van der Waals surface area contributed by atoms with E-state index >= 15 is 0 Å². The molecule has 5 nitrogen and oxygen atoms in total. The number of hydrogen-bond donors (Lipinski definition) is 2. The maximum atomic E-state index is 11.9. The highest BCUT2D eigenvalue weighted by atomic mass is 35.5. The van der Waals surface area contributed by atoms with Crippen LogP contribution in [-0.4, -0.2) is 30.6 Å². The molecule has 1 atom stereocenters. The maximum Gasteiger partial charge on any atom is 0.308 e. The van der Waals surface area contributed by atoms with Gasteiger partial charge in [-0.05, 0) is 36.5 Å². The lowest BCUT2D eigenvalue weighted by Gasteiger charge is -2.15. The van der Waals surface area contributed by atoms with E-state index in [1.165, 1.54) is 0 Å². The zero-order chi connectivity index (χ0) is 17.4. The normalized spacial score (nSPS) is 12.0. The monoisotopic (exact) mass is 341 g/mol. The summed E-state index contributed by atoms with van der Waals surface area (Å²) in [5.41, 5.74) is 0.933. The minimum Gasteiger partial charge on any atom is -0.495 e. The predicted octanol–water partition coefficient (Wildman–Crippen LogP) is 3.14. The Morgan fingerprint density at radius 1 is 1.35 bits per heavy atom. The molecule has 1 rings (SSSR count). The largest absolute Gasteiger partial charge is 0.495 e. The molecule has 0 fully saturated rings. The van der Waals surface area contributed by atoms with Crippen LogP contribution in [0.4, 0.5) is 0 Å². The standard InChI is InChI=1S/C17H24ClNO4/c1-11(2)8-13(17(21)22)10-19-16(20)7-5-12-4-6-15(23-3)14(18)9-12/h4,6,9,11,13H,5,7-8,10H2,1-3H3,(H,19,20)(H,21,22). The van der Waals surface area contributed by atoms with Crippen molar-refractivity contribution in [2.45, 2.75) is 33.1 Å². The van der Waals surface area contributed by atoms with Crippen molar-refractivity contribution in [2.75, 3.05) is 13.7 Å². The Hall–Kier alpha value is -1.75. The minimum absolute atomic E-state index is 0.160. The zero-order valence-corrected chi connectivity index (χ0v) is 14.5. The van der Waals surface area contributed by atoms with Crippen molar-refractivity contribution in [2.24, 2.45) is 11.8 Å². The van der Waals surface area contributed by atoms with Gasteiger partial charge < -0.3 is 15.2 Å². The van der Waals surface area contributed by atoms with E-state index in [2.05, 4.69) is 5.32 Å². The Kier molecular flexibility index (Phi) is 7.89. The fourth-order valence-corrected chi connectivity index (χ4v) is 2.57. The van der Waals surface area contributed by atoms with E-state index in [-0.39, 0.29) is 24.8 Å². The number of benzene rings is 1. The third kappa shape index (κ3) is 6.91. The van der Waals surface area contributed by atoms with Gasteiger partial charge in [-0.2, -0.15) is 0 Å². The summed E-state index contributed by atoms with van der Waals surface area (Å²) in [7, 11) is 1.55. The third-order valence-corrected chi connectivity index (χ3v) is 3.80. The summed E-state index contributed by atoms with van der Waals surface area (Å²) in [5.74, 6) is -0.713. The van der Waals surface area contributed by atoms with Crippen molar-refractivity contribution in [1.29, 1.82) is 0 Å². The average molecular weight is 342 g/mol. The second-order valence-corrected chi connectivity index (χ2v) is 6.34. The fraction of sp³-hybridized carbons (Fsp3) is 0.529. The summed E-state index contributed by atoms with van der Waals surface area (Å²) in [4.78, 5) is 23.0. The number of carboxylic acids is 1. The first-order valence-electron chi connectivity index (χ1n) is 7.65. The van der Waals surface area contributed by atoms with E-state index < -0.39 is 11.9 Å². The number of amides is 1. The van der Waals surface area contributed by atoms with Crippen LogP contribution in [0.5, 0.6) is 5.75 Å². The molecular weight excluding hydrogens is 318 g/mol. The van der Waals surface area contributed by atoms with Gasteiger partial charge in [0.2, 0.25) is 5.91 Å². The third-order valence-electron chi connectivity index (χ3n) is 3.51. The summed E-state index contributed by atoms with van der Waals surface area (Å²) in [6.07, 6.45) is 1.37. The number of nitrogens with one attached hydrogen (secondary N) is 1. The van der Waals surface area contributed by atoms with E-state index in [1.54, 1.807) is 19.2 Å². The highest BCUT2D eigenvalue weighted by molar-refractivity contribution is 6.32. The molecule has 1 aromatic carbocycles. The van der Waals surface area contributed by atoms with Crippen LogP contribution in [0.2, 0.25) is 5.02 Å². The number of aryl methyl sites for hydroxylation is 1. The summed E-state index contributed by atoms with van der Waals surface area (Å²) in [6.45, 7) is 4.09. The van der Waals surface area contributed by atoms with E-state index in [4.69, 9.17) is 21.4 Å². The van der Waals surface area contributed by atoms with Crippen LogP contribution in [0, 0.1) is 11.8 Å². The van der Waals surface area contributed by atoms with Crippen molar-refractivity contribution in [1.82, 2.24) is 5.32 Å². The quantitative estimate of drug-likeness (QED) is 0.723. The van der Waals surface area contributed by atoms with Crippen molar-refractivity contribution < 1.29 is 19.4 Å². The number of carboxylic acid groups (broad SMARTS) is 1. The number of aliphatic carboxylic acids is 1. The van der Waals surface area contributed by atoms with Crippen LogP contribution in [0.1, 0.15) is 32.3 Å². The summed E-state index contributed by atoms with van der Waals surface area (Å²) in [6, 6.07) is 5.39. The molecule has 128 valence electrons. The molecule has 0 saturated heterocycles. The van der Waals surface area contributed by atoms with Gasteiger partial charge in [0.1, 0.15) is 5.75 Å².